The van der Waals surface area contributed by atoms with Gasteiger partial charge in [0.2, 0.25) is 0 Å². The van der Waals surface area contributed by atoms with Crippen molar-refractivity contribution in [1.82, 2.24) is 0 Å². The zero-order valence-corrected chi connectivity index (χ0v) is 21.9. The topological polar surface area (TPSA) is 76.0 Å². The highest BCUT2D eigenvalue weighted by Crippen LogP contribution is 2.68. The first-order valence-electron chi connectivity index (χ1n) is 14.2. The molecule has 0 aromatic rings. The first kappa shape index (κ1) is 25.0. The van der Waals surface area contributed by atoms with Crippen molar-refractivity contribution in [2.45, 2.75) is 110 Å². The molecule has 34 heavy (non-hydrogen) atoms. The van der Waals surface area contributed by atoms with Crippen LogP contribution in [0.2, 0.25) is 0 Å². The number of fused-ring (bicyclic) bond motifs is 5. The molecule has 5 fully saturated rings. The number of carbonyl (C=O) groups is 1. The zero-order chi connectivity index (χ0) is 24.3. The van der Waals surface area contributed by atoms with Gasteiger partial charge in [-0.2, -0.15) is 0 Å². The van der Waals surface area contributed by atoms with Crippen molar-refractivity contribution in [1.29, 1.82) is 0 Å². The maximum Gasteiger partial charge on any atom is 0.305 e. The summed E-state index contributed by atoms with van der Waals surface area (Å²) < 4.78 is 11.7. The second-order valence-electron chi connectivity index (χ2n) is 13.4. The lowest BCUT2D eigenvalue weighted by molar-refractivity contribution is -0.212. The van der Waals surface area contributed by atoms with Crippen LogP contribution in [-0.4, -0.2) is 48.2 Å². The average molecular weight is 477 g/mol. The Balaban J connectivity index is 1.31. The predicted octanol–water partition coefficient (Wildman–Crippen LogP) is 4.97. The van der Waals surface area contributed by atoms with Crippen LogP contribution in [-0.2, 0) is 14.3 Å². The van der Waals surface area contributed by atoms with Gasteiger partial charge in [0, 0.05) is 13.5 Å². The summed E-state index contributed by atoms with van der Waals surface area (Å²) in [5, 5.41) is 22.1. The third kappa shape index (κ3) is 4.16. The normalized spacial score (nSPS) is 49.0. The van der Waals surface area contributed by atoms with Crippen molar-refractivity contribution in [2.75, 3.05) is 13.7 Å². The van der Waals surface area contributed by atoms with E-state index in [1.54, 1.807) is 0 Å². The Morgan fingerprint density at radius 3 is 2.50 bits per heavy atom. The Morgan fingerprint density at radius 1 is 1.03 bits per heavy atom. The van der Waals surface area contributed by atoms with Gasteiger partial charge in [0.25, 0.3) is 0 Å². The van der Waals surface area contributed by atoms with Crippen molar-refractivity contribution in [3.05, 3.63) is 0 Å². The summed E-state index contributed by atoms with van der Waals surface area (Å²) in [4.78, 5) is 12.3. The lowest BCUT2D eigenvalue weighted by Gasteiger charge is -2.64. The van der Waals surface area contributed by atoms with E-state index in [2.05, 4.69) is 20.8 Å². The van der Waals surface area contributed by atoms with Gasteiger partial charge in [0.1, 0.15) is 0 Å². The van der Waals surface area contributed by atoms with Gasteiger partial charge < -0.3 is 19.7 Å². The molecule has 5 rings (SSSR count). The smallest absolute Gasteiger partial charge is 0.305 e. The number of rotatable bonds is 7. The Kier molecular flexibility index (Phi) is 6.87. The van der Waals surface area contributed by atoms with E-state index in [0.717, 1.165) is 51.4 Å². The zero-order valence-electron chi connectivity index (χ0n) is 21.9. The standard InChI is InChI=1S/C29H48O5/c1-17(5-10-26(32)34-16-18-6-7-18)21-8-9-22-27-23(15-25(31)29(21,22)3)28(2)12-11-20(30)13-19(28)14-24(27)33-4/h17-25,27,30-31H,5-16H2,1-4H3/t17-,19+,20-,21-,22+,23+,24-,25+,27+,28+,29-/m1/s1. The number of aliphatic hydroxyl groups excluding tert-OH is 2. The van der Waals surface area contributed by atoms with Crippen LogP contribution in [0.5, 0.6) is 0 Å². The average Bonchev–Trinajstić information content (AvgIpc) is 3.57. The van der Waals surface area contributed by atoms with E-state index in [1.807, 2.05) is 7.11 Å². The maximum absolute atomic E-state index is 12.3. The van der Waals surface area contributed by atoms with Gasteiger partial charge in [-0.25, -0.2) is 0 Å². The monoisotopic (exact) mass is 476 g/mol. The van der Waals surface area contributed by atoms with E-state index in [4.69, 9.17) is 9.47 Å². The molecule has 0 aromatic heterocycles. The van der Waals surface area contributed by atoms with Gasteiger partial charge in [0.15, 0.2) is 0 Å². The van der Waals surface area contributed by atoms with Crippen molar-refractivity contribution in [3.63, 3.8) is 0 Å². The van der Waals surface area contributed by atoms with Gasteiger partial charge in [-0.15, -0.1) is 0 Å². The summed E-state index contributed by atoms with van der Waals surface area (Å²) in [7, 11) is 1.87. The SMILES string of the molecule is CO[C@@H]1C[C@@H]2C[C@H](O)CC[C@]2(C)[C@H]2C[C@H](O)[C@]3(C)[C@@H]([C@H](C)CCC(=O)OCC4CC4)CC[C@H]3[C@H]12. The molecular formula is C29H48O5. The molecule has 0 radical (unpaired) electrons. The highest BCUT2D eigenvalue weighted by molar-refractivity contribution is 5.69. The fraction of sp³-hybridized carbons (Fsp3) is 0.966. The van der Waals surface area contributed by atoms with Crippen LogP contribution in [0.15, 0.2) is 0 Å². The molecule has 0 amide bonds. The third-order valence-electron chi connectivity index (χ3n) is 11.8. The number of hydrogen-bond acceptors (Lipinski definition) is 5. The number of carbonyl (C=O) groups excluding carboxylic acids is 1. The summed E-state index contributed by atoms with van der Waals surface area (Å²) in [6.07, 6.45) is 10.5. The number of ether oxygens (including phenoxy) is 2. The number of esters is 1. The Bertz CT molecular complexity index is 751. The van der Waals surface area contributed by atoms with Gasteiger partial charge in [0.05, 0.1) is 24.9 Å². The fourth-order valence-electron chi connectivity index (χ4n) is 9.47. The van der Waals surface area contributed by atoms with Crippen molar-refractivity contribution in [3.8, 4) is 0 Å². The van der Waals surface area contributed by atoms with Gasteiger partial charge >= 0.3 is 5.97 Å². The van der Waals surface area contributed by atoms with Crippen LogP contribution < -0.4 is 0 Å². The number of aliphatic hydroxyl groups is 2. The minimum Gasteiger partial charge on any atom is -0.465 e. The first-order valence-corrected chi connectivity index (χ1v) is 14.2. The Hall–Kier alpha value is -0.650. The molecule has 0 spiro atoms. The third-order valence-corrected chi connectivity index (χ3v) is 11.8. The second-order valence-corrected chi connectivity index (χ2v) is 13.4. The molecule has 194 valence electrons. The van der Waals surface area contributed by atoms with Crippen LogP contribution in [0, 0.1) is 52.3 Å². The molecule has 5 aliphatic rings. The molecular weight excluding hydrogens is 428 g/mol. The van der Waals surface area contributed by atoms with Crippen LogP contribution in [0.4, 0.5) is 0 Å². The molecule has 5 aliphatic carbocycles. The van der Waals surface area contributed by atoms with E-state index in [-0.39, 0.29) is 35.1 Å². The lowest BCUT2D eigenvalue weighted by Crippen LogP contribution is -2.62. The fourth-order valence-corrected chi connectivity index (χ4v) is 9.47. The lowest BCUT2D eigenvalue weighted by atomic mass is 9.43. The molecule has 11 atom stereocenters. The largest absolute Gasteiger partial charge is 0.465 e. The van der Waals surface area contributed by atoms with Crippen LogP contribution >= 0.6 is 0 Å². The van der Waals surface area contributed by atoms with E-state index in [9.17, 15) is 15.0 Å². The van der Waals surface area contributed by atoms with Crippen molar-refractivity contribution >= 4 is 5.97 Å². The van der Waals surface area contributed by atoms with Gasteiger partial charge in [-0.3, -0.25) is 4.79 Å². The summed E-state index contributed by atoms with van der Waals surface area (Å²) in [6.45, 7) is 7.70. The van der Waals surface area contributed by atoms with E-state index < -0.39 is 0 Å². The molecule has 0 bridgehead atoms. The molecule has 2 N–H and O–H groups in total. The molecule has 0 unspecified atom stereocenters. The highest BCUT2D eigenvalue weighted by Gasteiger charge is 2.66. The number of hydrogen-bond donors (Lipinski definition) is 2. The van der Waals surface area contributed by atoms with E-state index >= 15 is 0 Å². The molecule has 5 heteroatoms. The molecule has 0 saturated heterocycles. The van der Waals surface area contributed by atoms with Crippen LogP contribution in [0.25, 0.3) is 0 Å². The molecule has 0 aliphatic heterocycles. The minimum absolute atomic E-state index is 0.0483. The van der Waals surface area contributed by atoms with Crippen LogP contribution in [0.1, 0.15) is 91.4 Å². The molecule has 5 saturated carbocycles. The molecule has 0 aromatic carbocycles. The first-order chi connectivity index (χ1) is 16.2. The van der Waals surface area contributed by atoms with Crippen LogP contribution in [0.3, 0.4) is 0 Å². The highest BCUT2D eigenvalue weighted by atomic mass is 16.5. The summed E-state index contributed by atoms with van der Waals surface area (Å²) in [5.74, 6) is 3.28. The number of methoxy groups -OCH3 is 1. The Labute approximate surface area is 206 Å². The summed E-state index contributed by atoms with van der Waals surface area (Å²) in [6, 6.07) is 0. The van der Waals surface area contributed by atoms with Gasteiger partial charge in [-0.1, -0.05) is 20.8 Å². The van der Waals surface area contributed by atoms with E-state index in [1.165, 1.54) is 12.8 Å². The van der Waals surface area contributed by atoms with E-state index in [0.29, 0.717) is 54.5 Å². The predicted molar refractivity (Wildman–Crippen MR) is 131 cm³/mol. The summed E-state index contributed by atoms with van der Waals surface area (Å²) in [5.41, 5.74) is 0.0723. The minimum atomic E-state index is -0.310. The quantitative estimate of drug-likeness (QED) is 0.507. The molecule has 5 nitrogen and oxygen atoms in total. The van der Waals surface area contributed by atoms with Gasteiger partial charge in [-0.05, 0) is 116 Å². The molecule has 0 heterocycles. The van der Waals surface area contributed by atoms with Crippen molar-refractivity contribution in [2.24, 2.45) is 52.3 Å². The maximum atomic E-state index is 12.3. The van der Waals surface area contributed by atoms with Crippen molar-refractivity contribution < 1.29 is 24.5 Å². The summed E-state index contributed by atoms with van der Waals surface area (Å²) >= 11 is 0. The second kappa shape index (κ2) is 9.34. The Morgan fingerprint density at radius 2 is 1.79 bits per heavy atom.